The van der Waals surface area contributed by atoms with E-state index in [9.17, 15) is 9.90 Å². The van der Waals surface area contributed by atoms with Gasteiger partial charge < -0.3 is 14.6 Å². The van der Waals surface area contributed by atoms with Crippen LogP contribution in [-0.2, 0) is 0 Å². The van der Waals surface area contributed by atoms with Gasteiger partial charge in [0, 0.05) is 10.9 Å². The lowest BCUT2D eigenvalue weighted by molar-refractivity contribution is 0.0699. The van der Waals surface area contributed by atoms with E-state index >= 15 is 0 Å². The van der Waals surface area contributed by atoms with Crippen LogP contribution in [0, 0.1) is 6.92 Å². The lowest BCUT2D eigenvalue weighted by atomic mass is 10.0. The summed E-state index contributed by atoms with van der Waals surface area (Å²) in [6.07, 6.45) is 0. The number of fused-ring (bicyclic) bond motifs is 1. The third kappa shape index (κ3) is 3.26. The van der Waals surface area contributed by atoms with Crippen LogP contribution < -0.4 is 9.47 Å². The Kier molecular flexibility index (Phi) is 4.57. The Balaban J connectivity index is 2.21. The summed E-state index contributed by atoms with van der Waals surface area (Å²) in [5.74, 6) is 0.392. The minimum Gasteiger partial charge on any atom is -0.497 e. The third-order valence-corrected chi connectivity index (χ3v) is 4.03. The van der Waals surface area contributed by atoms with Gasteiger partial charge >= 0.3 is 5.97 Å². The molecule has 1 heterocycles. The average molecular weight is 337 g/mol. The first-order valence-corrected chi connectivity index (χ1v) is 7.99. The van der Waals surface area contributed by atoms with E-state index in [2.05, 4.69) is 4.98 Å². The molecule has 25 heavy (non-hydrogen) atoms. The van der Waals surface area contributed by atoms with Crippen molar-refractivity contribution in [3.8, 4) is 22.8 Å². The van der Waals surface area contributed by atoms with Gasteiger partial charge in [-0.3, -0.25) is 0 Å². The highest BCUT2D eigenvalue weighted by atomic mass is 16.5. The normalized spacial score (nSPS) is 10.7. The van der Waals surface area contributed by atoms with Crippen molar-refractivity contribution in [2.24, 2.45) is 0 Å². The van der Waals surface area contributed by atoms with Gasteiger partial charge in [0.1, 0.15) is 11.5 Å². The molecule has 0 fully saturated rings. The summed E-state index contributed by atoms with van der Waals surface area (Å²) in [4.78, 5) is 16.4. The maximum atomic E-state index is 11.8. The van der Waals surface area contributed by atoms with Crippen molar-refractivity contribution in [3.63, 3.8) is 0 Å². The second kappa shape index (κ2) is 6.81. The fourth-order valence-electron chi connectivity index (χ4n) is 2.83. The van der Waals surface area contributed by atoms with Crippen molar-refractivity contribution < 1.29 is 19.4 Å². The molecular formula is C20H19NO4. The van der Waals surface area contributed by atoms with Gasteiger partial charge in [-0.25, -0.2) is 9.78 Å². The number of carboxylic acid groups (broad SMARTS) is 1. The van der Waals surface area contributed by atoms with Gasteiger partial charge in [0.05, 0.1) is 30.5 Å². The fraction of sp³-hybridized carbons (Fsp3) is 0.200. The van der Waals surface area contributed by atoms with Gasteiger partial charge in [-0.2, -0.15) is 0 Å². The highest BCUT2D eigenvalue weighted by Crippen LogP contribution is 2.30. The lowest BCUT2D eigenvalue weighted by Crippen LogP contribution is -2.01. The zero-order valence-electron chi connectivity index (χ0n) is 14.4. The van der Waals surface area contributed by atoms with Crippen LogP contribution in [0.2, 0.25) is 0 Å². The highest BCUT2D eigenvalue weighted by Gasteiger charge is 2.15. The molecule has 3 aromatic rings. The predicted molar refractivity (Wildman–Crippen MR) is 96.6 cm³/mol. The molecular weight excluding hydrogens is 318 g/mol. The van der Waals surface area contributed by atoms with E-state index in [1.54, 1.807) is 31.4 Å². The first-order valence-electron chi connectivity index (χ1n) is 7.99. The first kappa shape index (κ1) is 16.8. The summed E-state index contributed by atoms with van der Waals surface area (Å²) >= 11 is 0. The number of carboxylic acids is 1. The minimum atomic E-state index is -0.992. The molecule has 2 aromatic carbocycles. The van der Waals surface area contributed by atoms with Crippen molar-refractivity contribution in [3.05, 3.63) is 53.6 Å². The molecule has 0 aliphatic carbocycles. The van der Waals surface area contributed by atoms with E-state index in [0.717, 1.165) is 16.9 Å². The Hall–Kier alpha value is -3.08. The Morgan fingerprint density at radius 2 is 1.88 bits per heavy atom. The molecule has 0 unspecified atom stereocenters. The van der Waals surface area contributed by atoms with Crippen LogP contribution >= 0.6 is 0 Å². The number of pyridine rings is 1. The molecule has 0 aliphatic heterocycles. The Morgan fingerprint density at radius 3 is 2.52 bits per heavy atom. The molecule has 0 spiro atoms. The van der Waals surface area contributed by atoms with E-state index < -0.39 is 5.97 Å². The topological polar surface area (TPSA) is 68.7 Å². The molecule has 1 aromatic heterocycles. The fourth-order valence-corrected chi connectivity index (χ4v) is 2.83. The van der Waals surface area contributed by atoms with Gasteiger partial charge in [-0.15, -0.1) is 0 Å². The Bertz CT molecular complexity index is 950. The number of ether oxygens (including phenoxy) is 2. The number of benzene rings is 2. The lowest BCUT2D eigenvalue weighted by Gasteiger charge is -2.11. The molecule has 0 amide bonds. The molecule has 5 nitrogen and oxygen atoms in total. The zero-order chi connectivity index (χ0) is 18.0. The van der Waals surface area contributed by atoms with E-state index in [1.807, 2.05) is 32.0 Å². The molecule has 0 bridgehead atoms. The van der Waals surface area contributed by atoms with E-state index in [0.29, 0.717) is 29.0 Å². The summed E-state index contributed by atoms with van der Waals surface area (Å²) < 4.78 is 10.7. The van der Waals surface area contributed by atoms with Crippen LogP contribution in [0.25, 0.3) is 22.2 Å². The van der Waals surface area contributed by atoms with E-state index in [-0.39, 0.29) is 5.56 Å². The molecule has 0 saturated heterocycles. The van der Waals surface area contributed by atoms with Gasteiger partial charge in [-0.05, 0) is 61.9 Å². The van der Waals surface area contributed by atoms with Gasteiger partial charge in [0.15, 0.2) is 0 Å². The van der Waals surface area contributed by atoms with Crippen molar-refractivity contribution in [2.75, 3.05) is 13.7 Å². The highest BCUT2D eigenvalue weighted by molar-refractivity contribution is 6.04. The second-order valence-electron chi connectivity index (χ2n) is 5.65. The first-order chi connectivity index (χ1) is 12.0. The SMILES string of the molecule is CCOc1ccc2nc(-c3ccc(OC)cc3C)cc(C(=O)O)c2c1. The van der Waals surface area contributed by atoms with Crippen LogP contribution in [-0.4, -0.2) is 29.8 Å². The number of hydrogen-bond donors (Lipinski definition) is 1. The number of methoxy groups -OCH3 is 1. The molecule has 5 heteroatoms. The standard InChI is InChI=1S/C20H19NO4/c1-4-25-14-6-8-18-16(10-14)17(20(22)23)11-19(21-18)15-7-5-13(24-3)9-12(15)2/h5-11H,4H2,1-3H3,(H,22,23). The van der Waals surface area contributed by atoms with Crippen LogP contribution in [0.1, 0.15) is 22.8 Å². The number of nitrogens with zero attached hydrogens (tertiary/aromatic N) is 1. The predicted octanol–water partition coefficient (Wildman–Crippen LogP) is 4.32. The molecule has 1 N–H and O–H groups in total. The van der Waals surface area contributed by atoms with Crippen molar-refractivity contribution >= 4 is 16.9 Å². The van der Waals surface area contributed by atoms with Crippen molar-refractivity contribution in [2.45, 2.75) is 13.8 Å². The summed E-state index contributed by atoms with van der Waals surface area (Å²) in [7, 11) is 1.61. The van der Waals surface area contributed by atoms with E-state index in [1.165, 1.54) is 0 Å². The monoisotopic (exact) mass is 337 g/mol. The maximum Gasteiger partial charge on any atom is 0.336 e. The van der Waals surface area contributed by atoms with Gasteiger partial charge in [0.2, 0.25) is 0 Å². The summed E-state index contributed by atoms with van der Waals surface area (Å²) in [6.45, 7) is 4.35. The number of carbonyl (C=O) groups is 1. The number of aryl methyl sites for hydroxylation is 1. The number of aromatic carboxylic acids is 1. The summed E-state index contributed by atoms with van der Waals surface area (Å²) in [5.41, 5.74) is 3.28. The average Bonchev–Trinajstić information content (AvgIpc) is 2.60. The number of hydrogen-bond acceptors (Lipinski definition) is 4. The Labute approximate surface area is 145 Å². The molecule has 0 radical (unpaired) electrons. The van der Waals surface area contributed by atoms with Crippen LogP contribution in [0.4, 0.5) is 0 Å². The molecule has 0 atom stereocenters. The van der Waals surface area contributed by atoms with Crippen LogP contribution in [0.3, 0.4) is 0 Å². The maximum absolute atomic E-state index is 11.8. The molecule has 0 saturated carbocycles. The number of rotatable bonds is 5. The summed E-state index contributed by atoms with van der Waals surface area (Å²) in [5, 5.41) is 10.2. The molecule has 0 aliphatic rings. The third-order valence-electron chi connectivity index (χ3n) is 4.03. The van der Waals surface area contributed by atoms with Crippen molar-refractivity contribution in [1.29, 1.82) is 0 Å². The van der Waals surface area contributed by atoms with Crippen LogP contribution in [0.5, 0.6) is 11.5 Å². The smallest absolute Gasteiger partial charge is 0.336 e. The second-order valence-corrected chi connectivity index (χ2v) is 5.65. The quantitative estimate of drug-likeness (QED) is 0.751. The van der Waals surface area contributed by atoms with Crippen LogP contribution in [0.15, 0.2) is 42.5 Å². The molecule has 128 valence electrons. The summed E-state index contributed by atoms with van der Waals surface area (Å²) in [6, 6.07) is 12.6. The largest absolute Gasteiger partial charge is 0.497 e. The van der Waals surface area contributed by atoms with Crippen molar-refractivity contribution in [1.82, 2.24) is 4.98 Å². The van der Waals surface area contributed by atoms with Gasteiger partial charge in [0.25, 0.3) is 0 Å². The van der Waals surface area contributed by atoms with E-state index in [4.69, 9.17) is 9.47 Å². The number of aromatic nitrogens is 1. The molecule has 3 rings (SSSR count). The van der Waals surface area contributed by atoms with Gasteiger partial charge in [-0.1, -0.05) is 0 Å². The minimum absolute atomic E-state index is 0.205. The Morgan fingerprint density at radius 1 is 1.12 bits per heavy atom. The zero-order valence-corrected chi connectivity index (χ0v) is 14.4.